The second-order valence-electron chi connectivity index (χ2n) is 4.37. The summed E-state index contributed by atoms with van der Waals surface area (Å²) in [5, 5.41) is 10.1. The van der Waals surface area contributed by atoms with Gasteiger partial charge >= 0.3 is 0 Å². The molecule has 3 nitrogen and oxygen atoms in total. The zero-order valence-corrected chi connectivity index (χ0v) is 9.26. The van der Waals surface area contributed by atoms with Crippen molar-refractivity contribution in [1.29, 1.82) is 0 Å². The van der Waals surface area contributed by atoms with Gasteiger partial charge in [0.2, 0.25) is 0 Å². The van der Waals surface area contributed by atoms with Gasteiger partial charge < -0.3 is 0 Å². The van der Waals surface area contributed by atoms with E-state index in [0.717, 1.165) is 0 Å². The Morgan fingerprint density at radius 1 is 1.33 bits per heavy atom. The summed E-state index contributed by atoms with van der Waals surface area (Å²) < 4.78 is 0. The molecule has 0 aliphatic carbocycles. The Balaban J connectivity index is 4.69. The quantitative estimate of drug-likeness (QED) is 0.191. The van der Waals surface area contributed by atoms with Crippen molar-refractivity contribution in [3.8, 4) is 11.6 Å². The Hall–Kier alpha value is -0.823. The van der Waals surface area contributed by atoms with Crippen LogP contribution in [0, 0.1) is 21.7 Å². The summed E-state index contributed by atoms with van der Waals surface area (Å²) in [6.07, 6.45) is 0. The van der Waals surface area contributed by atoms with Gasteiger partial charge in [-0.25, -0.2) is 10.1 Å². The summed E-state index contributed by atoms with van der Waals surface area (Å²) in [6, 6.07) is 2.03. The Kier molecular flexibility index (Phi) is 3.05. The molecule has 0 aromatic rings. The van der Waals surface area contributed by atoms with E-state index >= 15 is 0 Å². The minimum atomic E-state index is -1.77. The van der Waals surface area contributed by atoms with E-state index in [-0.39, 0.29) is 5.04 Å². The molecule has 4 heteroatoms. The van der Waals surface area contributed by atoms with Crippen LogP contribution in [0.2, 0.25) is 18.1 Å². The molecule has 0 fully saturated rings. The predicted octanol–water partition coefficient (Wildman–Crippen LogP) is 2.27. The smallest absolute Gasteiger partial charge is 0.249 e. The van der Waals surface area contributed by atoms with E-state index in [2.05, 4.69) is 26.3 Å². The van der Waals surface area contributed by atoms with E-state index in [9.17, 15) is 10.1 Å². The molecular formula is C8H15NO2Si. The average Bonchev–Trinajstić information content (AvgIpc) is 1.81. The zero-order chi connectivity index (χ0) is 9.99. The predicted molar refractivity (Wildman–Crippen MR) is 52.0 cm³/mol. The molecule has 0 aliphatic rings. The number of nitro groups is 1. The third-order valence-electron chi connectivity index (χ3n) is 2.33. The topological polar surface area (TPSA) is 43.1 Å². The van der Waals surface area contributed by atoms with E-state index in [1.807, 2.05) is 19.1 Å². The van der Waals surface area contributed by atoms with Gasteiger partial charge in [-0.05, 0) is 5.04 Å². The monoisotopic (exact) mass is 185 g/mol. The van der Waals surface area contributed by atoms with Gasteiger partial charge in [0.05, 0.1) is 0 Å². The van der Waals surface area contributed by atoms with E-state index in [0.29, 0.717) is 0 Å². The van der Waals surface area contributed by atoms with E-state index < -0.39 is 13.0 Å². The van der Waals surface area contributed by atoms with Gasteiger partial charge in [-0.1, -0.05) is 39.4 Å². The molecule has 0 atom stereocenters. The maximum Gasteiger partial charge on any atom is 0.283 e. The van der Waals surface area contributed by atoms with Crippen LogP contribution in [-0.4, -0.2) is 13.0 Å². The molecule has 0 aromatic carbocycles. The van der Waals surface area contributed by atoms with Gasteiger partial charge in [-0.3, -0.25) is 0 Å². The Labute approximate surface area is 74.3 Å². The minimum absolute atomic E-state index is 0.0933. The maximum atomic E-state index is 10.0. The van der Waals surface area contributed by atoms with Crippen LogP contribution >= 0.6 is 0 Å². The summed E-state index contributed by atoms with van der Waals surface area (Å²) in [5.74, 6) is 0. The van der Waals surface area contributed by atoms with Crippen LogP contribution in [0.15, 0.2) is 0 Å². The fraction of sp³-hybridized carbons (Fsp3) is 0.750. The van der Waals surface area contributed by atoms with Crippen molar-refractivity contribution in [3.05, 3.63) is 10.1 Å². The van der Waals surface area contributed by atoms with Crippen LogP contribution in [0.4, 0.5) is 0 Å². The van der Waals surface area contributed by atoms with Gasteiger partial charge in [-0.2, -0.15) is 0 Å². The summed E-state index contributed by atoms with van der Waals surface area (Å²) in [4.78, 5) is 9.46. The van der Waals surface area contributed by atoms with E-state index in [1.165, 1.54) is 0 Å². The summed E-state index contributed by atoms with van der Waals surface area (Å²) >= 11 is 0. The second-order valence-corrected chi connectivity index (χ2v) is 9.37. The van der Waals surface area contributed by atoms with Gasteiger partial charge in [0.15, 0.2) is 0 Å². The molecule has 0 unspecified atom stereocenters. The third-order valence-corrected chi connectivity index (χ3v) is 6.82. The Morgan fingerprint density at radius 2 is 1.75 bits per heavy atom. The lowest BCUT2D eigenvalue weighted by Crippen LogP contribution is -2.35. The average molecular weight is 185 g/mol. The van der Waals surface area contributed by atoms with Crippen LogP contribution < -0.4 is 0 Å². The number of rotatable bonds is 0. The van der Waals surface area contributed by atoms with E-state index in [1.54, 1.807) is 0 Å². The third kappa shape index (κ3) is 3.05. The molecule has 0 amide bonds. The molecule has 0 bridgehead atoms. The molecule has 0 aromatic heterocycles. The highest BCUT2D eigenvalue weighted by molar-refractivity contribution is 6.87. The highest BCUT2D eigenvalue weighted by Gasteiger charge is 2.34. The van der Waals surface area contributed by atoms with Crippen molar-refractivity contribution in [2.75, 3.05) is 0 Å². The molecule has 12 heavy (non-hydrogen) atoms. The number of nitrogens with zero attached hydrogens (tertiary/aromatic N) is 1. The standard InChI is InChI=1S/C8H15NO2Si/c1-8(2,3)12(4,5)7-6-9(10)11/h1-5H3. The molecule has 0 N–H and O–H groups in total. The first kappa shape index (κ1) is 11.2. The van der Waals surface area contributed by atoms with Gasteiger partial charge in [0.25, 0.3) is 6.04 Å². The molecule has 0 spiro atoms. The summed E-state index contributed by atoms with van der Waals surface area (Å²) in [5.41, 5.74) is 2.79. The summed E-state index contributed by atoms with van der Waals surface area (Å²) in [7, 11) is -1.77. The lowest BCUT2D eigenvalue weighted by Gasteiger charge is -2.30. The largest absolute Gasteiger partial charge is 0.283 e. The van der Waals surface area contributed by atoms with Crippen molar-refractivity contribution < 1.29 is 4.92 Å². The van der Waals surface area contributed by atoms with Crippen LogP contribution in [-0.2, 0) is 0 Å². The molecule has 0 saturated carbocycles. The molecular weight excluding hydrogens is 170 g/mol. The summed E-state index contributed by atoms with van der Waals surface area (Å²) in [6.45, 7) is 10.3. The molecule has 0 saturated heterocycles. The van der Waals surface area contributed by atoms with Crippen molar-refractivity contribution in [2.45, 2.75) is 38.9 Å². The lowest BCUT2D eigenvalue weighted by molar-refractivity contribution is -0.379. The first-order chi connectivity index (χ1) is 5.17. The Bertz CT molecular complexity index is 242. The molecule has 0 aliphatic heterocycles. The van der Waals surface area contributed by atoms with Gasteiger partial charge in [0, 0.05) is 0 Å². The minimum Gasteiger partial charge on any atom is -0.249 e. The van der Waals surface area contributed by atoms with Crippen molar-refractivity contribution in [3.63, 3.8) is 0 Å². The fourth-order valence-electron chi connectivity index (χ4n) is 0.373. The van der Waals surface area contributed by atoms with Crippen LogP contribution in [0.1, 0.15) is 20.8 Å². The van der Waals surface area contributed by atoms with Crippen LogP contribution in [0.3, 0.4) is 0 Å². The first-order valence-electron chi connectivity index (χ1n) is 3.84. The van der Waals surface area contributed by atoms with Crippen molar-refractivity contribution >= 4 is 8.07 Å². The highest BCUT2D eigenvalue weighted by Crippen LogP contribution is 2.34. The lowest BCUT2D eigenvalue weighted by atomic mass is 10.2. The highest BCUT2D eigenvalue weighted by atomic mass is 28.3. The first-order valence-corrected chi connectivity index (χ1v) is 6.84. The number of hydrogen-bond donors (Lipinski definition) is 0. The molecule has 0 radical (unpaired) electrons. The normalized spacial score (nSPS) is 11.8. The molecule has 68 valence electrons. The van der Waals surface area contributed by atoms with Crippen molar-refractivity contribution in [2.24, 2.45) is 0 Å². The van der Waals surface area contributed by atoms with Gasteiger partial charge in [0.1, 0.15) is 13.0 Å². The Morgan fingerprint density at radius 3 is 2.00 bits per heavy atom. The molecule has 0 rings (SSSR count). The van der Waals surface area contributed by atoms with Gasteiger partial charge in [-0.15, -0.1) is 0 Å². The van der Waals surface area contributed by atoms with Crippen LogP contribution in [0.25, 0.3) is 0 Å². The van der Waals surface area contributed by atoms with Crippen LogP contribution in [0.5, 0.6) is 0 Å². The SMILES string of the molecule is CC(C)(C)[Si](C)(C)C#C[N+](=O)[O-]. The molecule has 0 heterocycles. The maximum absolute atomic E-state index is 10.0. The zero-order valence-electron chi connectivity index (χ0n) is 8.26. The number of hydrogen-bond acceptors (Lipinski definition) is 2. The second kappa shape index (κ2) is 3.28. The van der Waals surface area contributed by atoms with E-state index in [4.69, 9.17) is 0 Å². The van der Waals surface area contributed by atoms with Crippen molar-refractivity contribution in [1.82, 2.24) is 0 Å². The fourth-order valence-corrected chi connectivity index (χ4v) is 1.12.